The molecule has 21 heavy (non-hydrogen) atoms. The number of amides is 1. The molecule has 1 N–H and O–H groups in total. The van der Waals surface area contributed by atoms with Crippen molar-refractivity contribution >= 4 is 17.4 Å². The summed E-state index contributed by atoms with van der Waals surface area (Å²) in [4.78, 5) is 18.0. The second-order valence-corrected chi connectivity index (χ2v) is 4.68. The summed E-state index contributed by atoms with van der Waals surface area (Å²) >= 11 is 0. The number of carbonyl (C=O) groups is 1. The van der Waals surface area contributed by atoms with E-state index in [9.17, 15) is 9.18 Å². The first-order chi connectivity index (χ1) is 10.1. The number of pyridine rings is 1. The minimum Gasteiger partial charge on any atom is -0.369 e. The number of aromatic nitrogens is 1. The summed E-state index contributed by atoms with van der Waals surface area (Å²) in [5.41, 5.74) is 0.975. The Kier molecular flexibility index (Phi) is 4.87. The van der Waals surface area contributed by atoms with Gasteiger partial charge >= 0.3 is 0 Å². The zero-order valence-electron chi connectivity index (χ0n) is 12.1. The van der Waals surface area contributed by atoms with Gasteiger partial charge in [0, 0.05) is 19.3 Å². The molecule has 0 saturated carbocycles. The molecule has 4 nitrogen and oxygen atoms in total. The SMILES string of the molecule is CCCNc1ncc(F)cc1C(=O)N(C)c1ccccc1. The molecule has 0 unspecified atom stereocenters. The lowest BCUT2D eigenvalue weighted by Crippen LogP contribution is -2.27. The van der Waals surface area contributed by atoms with Crippen LogP contribution in [0.2, 0.25) is 0 Å². The number of hydrogen-bond acceptors (Lipinski definition) is 3. The summed E-state index contributed by atoms with van der Waals surface area (Å²) in [5.74, 6) is -0.417. The average Bonchev–Trinajstić information content (AvgIpc) is 2.53. The highest BCUT2D eigenvalue weighted by Gasteiger charge is 2.18. The average molecular weight is 287 g/mol. The third-order valence-electron chi connectivity index (χ3n) is 3.08. The van der Waals surface area contributed by atoms with E-state index in [2.05, 4.69) is 10.3 Å². The molecule has 0 radical (unpaired) electrons. The Balaban J connectivity index is 2.31. The van der Waals surface area contributed by atoms with Crippen LogP contribution in [0.25, 0.3) is 0 Å². The van der Waals surface area contributed by atoms with Crippen LogP contribution < -0.4 is 10.2 Å². The van der Waals surface area contributed by atoms with Gasteiger partial charge in [0.05, 0.1) is 11.8 Å². The minimum atomic E-state index is -0.526. The van der Waals surface area contributed by atoms with E-state index in [1.54, 1.807) is 7.05 Å². The first-order valence-corrected chi connectivity index (χ1v) is 6.86. The van der Waals surface area contributed by atoms with E-state index in [1.807, 2.05) is 37.3 Å². The fourth-order valence-electron chi connectivity index (χ4n) is 1.94. The van der Waals surface area contributed by atoms with Gasteiger partial charge in [0.25, 0.3) is 5.91 Å². The number of anilines is 2. The molecular formula is C16H18FN3O. The van der Waals surface area contributed by atoms with Crippen LogP contribution in [0, 0.1) is 5.82 Å². The van der Waals surface area contributed by atoms with Gasteiger partial charge in [-0.25, -0.2) is 9.37 Å². The fourth-order valence-corrected chi connectivity index (χ4v) is 1.94. The zero-order chi connectivity index (χ0) is 15.2. The van der Waals surface area contributed by atoms with Crippen molar-refractivity contribution in [2.75, 3.05) is 23.8 Å². The first kappa shape index (κ1) is 15.0. The molecule has 0 aliphatic heterocycles. The Morgan fingerprint density at radius 1 is 1.33 bits per heavy atom. The third kappa shape index (κ3) is 3.56. The summed E-state index contributed by atoms with van der Waals surface area (Å²) in [6.45, 7) is 2.68. The summed E-state index contributed by atoms with van der Waals surface area (Å²) in [5, 5.41) is 3.05. The summed E-state index contributed by atoms with van der Waals surface area (Å²) in [6.07, 6.45) is 2.00. The number of para-hydroxylation sites is 1. The monoisotopic (exact) mass is 287 g/mol. The predicted molar refractivity (Wildman–Crippen MR) is 82.2 cm³/mol. The molecule has 0 aliphatic rings. The quantitative estimate of drug-likeness (QED) is 0.917. The van der Waals surface area contributed by atoms with Crippen LogP contribution in [-0.2, 0) is 0 Å². The van der Waals surface area contributed by atoms with E-state index < -0.39 is 5.82 Å². The Morgan fingerprint density at radius 2 is 2.05 bits per heavy atom. The number of nitrogens with zero attached hydrogens (tertiary/aromatic N) is 2. The van der Waals surface area contributed by atoms with Crippen LogP contribution in [0.3, 0.4) is 0 Å². The lowest BCUT2D eigenvalue weighted by atomic mass is 10.2. The Bertz CT molecular complexity index is 616. The van der Waals surface area contributed by atoms with Crippen LogP contribution in [0.4, 0.5) is 15.9 Å². The molecule has 0 aliphatic carbocycles. The molecule has 2 aromatic rings. The second-order valence-electron chi connectivity index (χ2n) is 4.68. The standard InChI is InChI=1S/C16H18FN3O/c1-3-9-18-15-14(10-12(17)11-19-15)16(21)20(2)13-7-5-4-6-8-13/h4-8,10-11H,3,9H2,1-2H3,(H,18,19). The van der Waals surface area contributed by atoms with Gasteiger partial charge in [-0.1, -0.05) is 25.1 Å². The van der Waals surface area contributed by atoms with Crippen LogP contribution >= 0.6 is 0 Å². The molecule has 0 fully saturated rings. The highest BCUT2D eigenvalue weighted by atomic mass is 19.1. The van der Waals surface area contributed by atoms with Gasteiger partial charge in [0.2, 0.25) is 0 Å². The van der Waals surface area contributed by atoms with Gasteiger partial charge in [-0.15, -0.1) is 0 Å². The molecule has 1 amide bonds. The molecule has 5 heteroatoms. The van der Waals surface area contributed by atoms with E-state index in [1.165, 1.54) is 11.0 Å². The summed E-state index contributed by atoms with van der Waals surface area (Å²) in [7, 11) is 1.66. The lowest BCUT2D eigenvalue weighted by Gasteiger charge is -2.19. The maximum Gasteiger partial charge on any atom is 0.261 e. The lowest BCUT2D eigenvalue weighted by molar-refractivity contribution is 0.0993. The van der Waals surface area contributed by atoms with Crippen molar-refractivity contribution in [3.05, 3.63) is 54.0 Å². The highest BCUT2D eigenvalue weighted by Crippen LogP contribution is 2.20. The van der Waals surface area contributed by atoms with Gasteiger partial charge in [0.1, 0.15) is 11.6 Å². The maximum atomic E-state index is 13.4. The number of halogens is 1. The smallest absolute Gasteiger partial charge is 0.261 e. The van der Waals surface area contributed by atoms with Crippen LogP contribution in [-0.4, -0.2) is 24.5 Å². The molecule has 0 spiro atoms. The molecule has 1 aromatic carbocycles. The summed E-state index contributed by atoms with van der Waals surface area (Å²) < 4.78 is 13.4. The topological polar surface area (TPSA) is 45.2 Å². The fraction of sp³-hybridized carbons (Fsp3) is 0.250. The van der Waals surface area contributed by atoms with Crippen molar-refractivity contribution in [1.29, 1.82) is 0 Å². The normalized spacial score (nSPS) is 10.2. The minimum absolute atomic E-state index is 0.231. The van der Waals surface area contributed by atoms with E-state index >= 15 is 0 Å². The molecule has 0 atom stereocenters. The van der Waals surface area contributed by atoms with Crippen molar-refractivity contribution in [3.8, 4) is 0 Å². The number of benzene rings is 1. The van der Waals surface area contributed by atoms with Crippen molar-refractivity contribution in [3.63, 3.8) is 0 Å². The Labute approximate surface area is 123 Å². The maximum absolute atomic E-state index is 13.4. The Hall–Kier alpha value is -2.43. The van der Waals surface area contributed by atoms with Crippen molar-refractivity contribution < 1.29 is 9.18 Å². The van der Waals surface area contributed by atoms with Gasteiger partial charge in [-0.05, 0) is 24.6 Å². The molecule has 0 saturated heterocycles. The van der Waals surface area contributed by atoms with Gasteiger partial charge in [0.15, 0.2) is 0 Å². The Morgan fingerprint density at radius 3 is 2.71 bits per heavy atom. The zero-order valence-corrected chi connectivity index (χ0v) is 12.1. The third-order valence-corrected chi connectivity index (χ3v) is 3.08. The van der Waals surface area contributed by atoms with Crippen LogP contribution in [0.1, 0.15) is 23.7 Å². The molecule has 2 rings (SSSR count). The summed E-state index contributed by atoms with van der Waals surface area (Å²) in [6, 6.07) is 10.4. The van der Waals surface area contributed by atoms with Crippen molar-refractivity contribution in [1.82, 2.24) is 4.98 Å². The molecule has 0 bridgehead atoms. The second kappa shape index (κ2) is 6.83. The molecular weight excluding hydrogens is 269 g/mol. The van der Waals surface area contributed by atoms with Crippen LogP contribution in [0.5, 0.6) is 0 Å². The molecule has 1 heterocycles. The van der Waals surface area contributed by atoms with E-state index in [-0.39, 0.29) is 11.5 Å². The van der Waals surface area contributed by atoms with Crippen molar-refractivity contribution in [2.24, 2.45) is 0 Å². The van der Waals surface area contributed by atoms with Gasteiger partial charge in [-0.2, -0.15) is 0 Å². The van der Waals surface area contributed by atoms with Crippen LogP contribution in [0.15, 0.2) is 42.6 Å². The van der Waals surface area contributed by atoms with Gasteiger partial charge < -0.3 is 10.2 Å². The van der Waals surface area contributed by atoms with E-state index in [0.29, 0.717) is 12.4 Å². The predicted octanol–water partition coefficient (Wildman–Crippen LogP) is 3.32. The molecule has 110 valence electrons. The highest BCUT2D eigenvalue weighted by molar-refractivity contribution is 6.08. The van der Waals surface area contributed by atoms with E-state index in [4.69, 9.17) is 0 Å². The number of hydrogen-bond donors (Lipinski definition) is 1. The largest absolute Gasteiger partial charge is 0.369 e. The number of nitrogens with one attached hydrogen (secondary N) is 1. The van der Waals surface area contributed by atoms with E-state index in [0.717, 1.165) is 18.3 Å². The first-order valence-electron chi connectivity index (χ1n) is 6.86. The van der Waals surface area contributed by atoms with Gasteiger partial charge in [-0.3, -0.25) is 4.79 Å². The molecule has 1 aromatic heterocycles. The number of rotatable bonds is 5. The number of carbonyl (C=O) groups excluding carboxylic acids is 1. The van der Waals surface area contributed by atoms with Crippen molar-refractivity contribution in [2.45, 2.75) is 13.3 Å².